The number of aromatic amines is 1. The van der Waals surface area contributed by atoms with E-state index in [9.17, 15) is 0 Å². The molecule has 0 amide bonds. The van der Waals surface area contributed by atoms with Crippen molar-refractivity contribution in [3.63, 3.8) is 0 Å². The van der Waals surface area contributed by atoms with Crippen LogP contribution in [0.25, 0.3) is 11.6 Å². The normalized spacial score (nSPS) is 25.3. The van der Waals surface area contributed by atoms with Gasteiger partial charge in [0.05, 0.1) is 0 Å². The average molecular weight is 287 g/mol. The van der Waals surface area contributed by atoms with Gasteiger partial charge in [0, 0.05) is 32.1 Å². The van der Waals surface area contributed by atoms with Gasteiger partial charge in [-0.05, 0) is 30.9 Å². The number of nitrogens with zero attached hydrogens (tertiary/aromatic N) is 3. The number of hydrogen-bond donors (Lipinski definition) is 2. The van der Waals surface area contributed by atoms with Crippen LogP contribution in [-0.2, 0) is 6.42 Å². The highest BCUT2D eigenvalue weighted by Crippen LogP contribution is 2.30. The number of anilines is 1. The summed E-state index contributed by atoms with van der Waals surface area (Å²) >= 11 is 0. The monoisotopic (exact) mass is 287 g/mol. The Bertz CT molecular complexity index is 619. The van der Waals surface area contributed by atoms with Crippen LogP contribution in [0.4, 0.5) is 5.95 Å². The minimum absolute atomic E-state index is 0.533. The maximum Gasteiger partial charge on any atom is 0.245 e. The summed E-state index contributed by atoms with van der Waals surface area (Å²) in [6.07, 6.45) is 3.42. The maximum atomic E-state index is 5.74. The fourth-order valence-electron chi connectivity index (χ4n) is 3.50. The van der Waals surface area contributed by atoms with Gasteiger partial charge in [0.1, 0.15) is 5.76 Å². The predicted molar refractivity (Wildman–Crippen MR) is 80.2 cm³/mol. The van der Waals surface area contributed by atoms with Crippen LogP contribution in [0.1, 0.15) is 25.5 Å². The van der Waals surface area contributed by atoms with E-state index in [1.807, 2.05) is 12.1 Å². The molecule has 2 aliphatic heterocycles. The van der Waals surface area contributed by atoms with Crippen LogP contribution >= 0.6 is 0 Å². The first-order valence-corrected chi connectivity index (χ1v) is 7.84. The minimum atomic E-state index is 0.533. The molecular weight excluding hydrogens is 266 g/mol. The number of H-pyrrole nitrogens is 1. The summed E-state index contributed by atoms with van der Waals surface area (Å²) in [5, 5.41) is 10.9. The molecule has 4 rings (SSSR count). The standard InChI is InChI=1S/C15H21N5O/c1-2-11-5-6-13(21-11)14-17-15(19-18-14)20-7-3-4-10-8-16-9-12(10)20/h5-6,10,12,16H,2-4,7-9H2,1H3,(H,17,18,19). The van der Waals surface area contributed by atoms with Crippen LogP contribution in [0.2, 0.25) is 0 Å². The summed E-state index contributed by atoms with van der Waals surface area (Å²) in [6, 6.07) is 4.49. The lowest BCUT2D eigenvalue weighted by Crippen LogP contribution is -2.45. The molecule has 0 bridgehead atoms. The summed E-state index contributed by atoms with van der Waals surface area (Å²) in [6.45, 7) is 5.28. The van der Waals surface area contributed by atoms with Crippen molar-refractivity contribution in [1.82, 2.24) is 20.5 Å². The molecule has 2 aromatic rings. The Balaban J connectivity index is 1.58. The second kappa shape index (κ2) is 5.18. The summed E-state index contributed by atoms with van der Waals surface area (Å²) in [4.78, 5) is 7.00. The van der Waals surface area contributed by atoms with Crippen LogP contribution < -0.4 is 10.2 Å². The zero-order valence-corrected chi connectivity index (χ0v) is 12.3. The molecule has 0 aliphatic carbocycles. The first-order valence-electron chi connectivity index (χ1n) is 7.84. The number of nitrogens with one attached hydrogen (secondary N) is 2. The van der Waals surface area contributed by atoms with Gasteiger partial charge in [-0.3, -0.25) is 5.10 Å². The number of furan rings is 1. The summed E-state index contributed by atoms with van der Waals surface area (Å²) < 4.78 is 5.74. The van der Waals surface area contributed by atoms with Crippen LogP contribution in [-0.4, -0.2) is 40.9 Å². The van der Waals surface area contributed by atoms with Crippen LogP contribution in [0.15, 0.2) is 16.5 Å². The van der Waals surface area contributed by atoms with Gasteiger partial charge in [-0.1, -0.05) is 6.92 Å². The third kappa shape index (κ3) is 2.23. The van der Waals surface area contributed by atoms with Gasteiger partial charge >= 0.3 is 0 Å². The Hall–Kier alpha value is -1.82. The lowest BCUT2D eigenvalue weighted by molar-refractivity contribution is 0.381. The number of piperidine rings is 1. The molecule has 2 atom stereocenters. The summed E-state index contributed by atoms with van der Waals surface area (Å²) in [7, 11) is 0. The summed E-state index contributed by atoms with van der Waals surface area (Å²) in [5.74, 6) is 4.00. The van der Waals surface area contributed by atoms with E-state index >= 15 is 0 Å². The zero-order valence-electron chi connectivity index (χ0n) is 12.3. The molecule has 0 radical (unpaired) electrons. The fourth-order valence-corrected chi connectivity index (χ4v) is 3.50. The molecule has 2 N–H and O–H groups in total. The Morgan fingerprint density at radius 2 is 2.33 bits per heavy atom. The van der Waals surface area contributed by atoms with Crippen molar-refractivity contribution < 1.29 is 4.42 Å². The molecular formula is C15H21N5O. The molecule has 2 aromatic heterocycles. The molecule has 2 unspecified atom stereocenters. The SMILES string of the molecule is CCc1ccc(-c2nc(N3CCCC4CNCC43)n[nH]2)o1. The fraction of sp³-hybridized carbons (Fsp3) is 0.600. The highest BCUT2D eigenvalue weighted by Gasteiger charge is 2.36. The van der Waals surface area contributed by atoms with E-state index < -0.39 is 0 Å². The van der Waals surface area contributed by atoms with Crippen molar-refractivity contribution in [2.75, 3.05) is 24.5 Å². The van der Waals surface area contributed by atoms with Crippen LogP contribution in [0.5, 0.6) is 0 Å². The van der Waals surface area contributed by atoms with Crippen molar-refractivity contribution in [3.8, 4) is 11.6 Å². The Morgan fingerprint density at radius 3 is 3.19 bits per heavy atom. The molecule has 21 heavy (non-hydrogen) atoms. The van der Waals surface area contributed by atoms with E-state index in [0.717, 1.165) is 55.3 Å². The highest BCUT2D eigenvalue weighted by molar-refractivity contribution is 5.50. The lowest BCUT2D eigenvalue weighted by Gasteiger charge is -2.36. The number of rotatable bonds is 3. The van der Waals surface area contributed by atoms with E-state index in [1.54, 1.807) is 0 Å². The second-order valence-corrected chi connectivity index (χ2v) is 5.92. The molecule has 0 saturated carbocycles. The topological polar surface area (TPSA) is 70.0 Å². The maximum absolute atomic E-state index is 5.74. The number of aromatic nitrogens is 3. The van der Waals surface area contributed by atoms with Gasteiger partial charge in [-0.2, -0.15) is 4.98 Å². The zero-order chi connectivity index (χ0) is 14.2. The minimum Gasteiger partial charge on any atom is -0.458 e. The second-order valence-electron chi connectivity index (χ2n) is 5.92. The molecule has 0 aromatic carbocycles. The molecule has 6 nitrogen and oxygen atoms in total. The van der Waals surface area contributed by atoms with Crippen molar-refractivity contribution >= 4 is 5.95 Å². The van der Waals surface area contributed by atoms with Gasteiger partial charge < -0.3 is 14.6 Å². The van der Waals surface area contributed by atoms with Crippen molar-refractivity contribution in [1.29, 1.82) is 0 Å². The number of aryl methyl sites for hydroxylation is 1. The first kappa shape index (κ1) is 12.9. The number of hydrogen-bond acceptors (Lipinski definition) is 5. The molecule has 2 aliphatic rings. The quantitative estimate of drug-likeness (QED) is 0.901. The smallest absolute Gasteiger partial charge is 0.245 e. The van der Waals surface area contributed by atoms with Gasteiger partial charge in [-0.15, -0.1) is 5.10 Å². The average Bonchev–Trinajstić information content (AvgIpc) is 3.25. The molecule has 2 fully saturated rings. The molecule has 6 heteroatoms. The van der Waals surface area contributed by atoms with Crippen molar-refractivity contribution in [2.45, 2.75) is 32.2 Å². The third-order valence-electron chi connectivity index (χ3n) is 4.65. The van der Waals surface area contributed by atoms with Gasteiger partial charge in [0.15, 0.2) is 11.6 Å². The highest BCUT2D eigenvalue weighted by atomic mass is 16.3. The van der Waals surface area contributed by atoms with E-state index in [1.165, 1.54) is 12.8 Å². The van der Waals surface area contributed by atoms with Gasteiger partial charge in [-0.25, -0.2) is 0 Å². The van der Waals surface area contributed by atoms with Crippen molar-refractivity contribution in [3.05, 3.63) is 17.9 Å². The van der Waals surface area contributed by atoms with E-state index in [0.29, 0.717) is 6.04 Å². The summed E-state index contributed by atoms with van der Waals surface area (Å²) in [5.41, 5.74) is 0. The first-order chi connectivity index (χ1) is 10.3. The van der Waals surface area contributed by atoms with Gasteiger partial charge in [0.2, 0.25) is 5.95 Å². The van der Waals surface area contributed by atoms with Gasteiger partial charge in [0.25, 0.3) is 0 Å². The Labute approximate surface area is 123 Å². The molecule has 112 valence electrons. The third-order valence-corrected chi connectivity index (χ3v) is 4.65. The Morgan fingerprint density at radius 1 is 1.38 bits per heavy atom. The predicted octanol–water partition coefficient (Wildman–Crippen LogP) is 1.82. The molecule has 0 spiro atoms. The van der Waals surface area contributed by atoms with Crippen molar-refractivity contribution in [2.24, 2.45) is 5.92 Å². The molecule has 4 heterocycles. The number of fused-ring (bicyclic) bond motifs is 1. The lowest BCUT2D eigenvalue weighted by atomic mass is 9.92. The van der Waals surface area contributed by atoms with Crippen LogP contribution in [0, 0.1) is 5.92 Å². The Kier molecular flexibility index (Phi) is 3.18. The van der Waals surface area contributed by atoms with E-state index in [2.05, 4.69) is 32.3 Å². The van der Waals surface area contributed by atoms with Crippen LogP contribution in [0.3, 0.4) is 0 Å². The van der Waals surface area contributed by atoms with E-state index in [-0.39, 0.29) is 0 Å². The van der Waals surface area contributed by atoms with E-state index in [4.69, 9.17) is 4.42 Å². The largest absolute Gasteiger partial charge is 0.458 e. The molecule has 2 saturated heterocycles.